The van der Waals surface area contributed by atoms with E-state index in [0.717, 1.165) is 11.6 Å². The molecule has 5 heteroatoms. The van der Waals surface area contributed by atoms with Gasteiger partial charge in [0.2, 0.25) is 0 Å². The minimum absolute atomic E-state index is 0.0946. The molecule has 0 spiro atoms. The Morgan fingerprint density at radius 3 is 2.74 bits per heavy atom. The molecule has 98 valence electrons. The topological polar surface area (TPSA) is 55.1 Å². The maximum absolute atomic E-state index is 12.9. The Balaban J connectivity index is 2.28. The molecule has 0 saturated heterocycles. The molecule has 0 heterocycles. The van der Waals surface area contributed by atoms with E-state index >= 15 is 0 Å². The Morgan fingerprint density at radius 1 is 1.32 bits per heavy atom. The van der Waals surface area contributed by atoms with Gasteiger partial charge in [-0.2, -0.15) is 0 Å². The van der Waals surface area contributed by atoms with Crippen LogP contribution in [0.15, 0.2) is 36.4 Å². The SMILES string of the molecule is Cc1c(Cl)cccc1NC(=O)c1ccc(F)cc1N. The molecule has 3 N–H and O–H groups in total. The zero-order chi connectivity index (χ0) is 14.0. The van der Waals surface area contributed by atoms with E-state index < -0.39 is 11.7 Å². The van der Waals surface area contributed by atoms with Crippen molar-refractivity contribution < 1.29 is 9.18 Å². The smallest absolute Gasteiger partial charge is 0.257 e. The zero-order valence-electron chi connectivity index (χ0n) is 10.2. The number of rotatable bonds is 2. The fraction of sp³-hybridized carbons (Fsp3) is 0.0714. The number of carbonyl (C=O) groups excluding carboxylic acids is 1. The second kappa shape index (κ2) is 5.28. The van der Waals surface area contributed by atoms with Crippen molar-refractivity contribution in [2.45, 2.75) is 6.92 Å². The van der Waals surface area contributed by atoms with Crippen molar-refractivity contribution in [1.82, 2.24) is 0 Å². The summed E-state index contributed by atoms with van der Waals surface area (Å²) in [6, 6.07) is 8.85. The number of nitrogens with one attached hydrogen (secondary N) is 1. The molecule has 3 nitrogen and oxygen atoms in total. The molecule has 0 bridgehead atoms. The fourth-order valence-corrected chi connectivity index (χ4v) is 1.85. The number of halogens is 2. The average Bonchev–Trinajstić information content (AvgIpc) is 2.34. The number of benzene rings is 2. The van der Waals surface area contributed by atoms with Crippen LogP contribution < -0.4 is 11.1 Å². The first kappa shape index (κ1) is 13.4. The standard InChI is InChI=1S/C14H12ClFN2O/c1-8-11(15)3-2-4-13(8)18-14(19)10-6-5-9(16)7-12(10)17/h2-7H,17H2,1H3,(H,18,19). The third-order valence-electron chi connectivity index (χ3n) is 2.77. The summed E-state index contributed by atoms with van der Waals surface area (Å²) in [5.41, 5.74) is 7.30. The van der Waals surface area contributed by atoms with Crippen molar-refractivity contribution >= 4 is 28.9 Å². The van der Waals surface area contributed by atoms with E-state index in [-0.39, 0.29) is 11.3 Å². The molecule has 1 amide bonds. The predicted molar refractivity (Wildman–Crippen MR) is 75.0 cm³/mol. The highest BCUT2D eigenvalue weighted by Crippen LogP contribution is 2.24. The summed E-state index contributed by atoms with van der Waals surface area (Å²) in [4.78, 5) is 12.1. The lowest BCUT2D eigenvalue weighted by Gasteiger charge is -2.10. The summed E-state index contributed by atoms with van der Waals surface area (Å²) in [6.45, 7) is 1.80. The van der Waals surface area contributed by atoms with Crippen LogP contribution in [-0.2, 0) is 0 Å². The largest absolute Gasteiger partial charge is 0.398 e. The van der Waals surface area contributed by atoms with Gasteiger partial charge in [0.1, 0.15) is 5.82 Å². The fourth-order valence-electron chi connectivity index (χ4n) is 1.67. The van der Waals surface area contributed by atoms with E-state index in [9.17, 15) is 9.18 Å². The first-order valence-corrected chi connectivity index (χ1v) is 5.98. The van der Waals surface area contributed by atoms with Gasteiger partial charge in [0.15, 0.2) is 0 Å². The summed E-state index contributed by atoms with van der Waals surface area (Å²) >= 11 is 5.97. The van der Waals surface area contributed by atoms with Gasteiger partial charge in [0, 0.05) is 16.4 Å². The summed E-state index contributed by atoms with van der Waals surface area (Å²) in [5.74, 6) is -0.879. The number of hydrogen-bond acceptors (Lipinski definition) is 2. The molecule has 0 fully saturated rings. The second-order valence-electron chi connectivity index (χ2n) is 4.10. The zero-order valence-corrected chi connectivity index (χ0v) is 11.0. The third-order valence-corrected chi connectivity index (χ3v) is 3.18. The van der Waals surface area contributed by atoms with E-state index in [1.807, 2.05) is 0 Å². The molecule has 2 aromatic rings. The van der Waals surface area contributed by atoms with Crippen LogP contribution in [0.25, 0.3) is 0 Å². The van der Waals surface area contributed by atoms with E-state index in [2.05, 4.69) is 5.32 Å². The summed E-state index contributed by atoms with van der Waals surface area (Å²) < 4.78 is 12.9. The molecule has 0 aliphatic carbocycles. The van der Waals surface area contributed by atoms with Crippen molar-refractivity contribution in [2.24, 2.45) is 0 Å². The monoisotopic (exact) mass is 278 g/mol. The molecule has 0 aromatic heterocycles. The highest BCUT2D eigenvalue weighted by molar-refractivity contribution is 6.31. The summed E-state index contributed by atoms with van der Waals surface area (Å²) in [7, 11) is 0. The number of amides is 1. The lowest BCUT2D eigenvalue weighted by Crippen LogP contribution is -2.15. The maximum Gasteiger partial charge on any atom is 0.257 e. The Bertz CT molecular complexity index is 643. The molecule has 0 aliphatic heterocycles. The minimum atomic E-state index is -0.479. The predicted octanol–water partition coefficient (Wildman–Crippen LogP) is 3.62. The lowest BCUT2D eigenvalue weighted by atomic mass is 10.1. The van der Waals surface area contributed by atoms with Crippen molar-refractivity contribution in [3.8, 4) is 0 Å². The van der Waals surface area contributed by atoms with E-state index in [4.69, 9.17) is 17.3 Å². The molecular formula is C14H12ClFN2O. The van der Waals surface area contributed by atoms with Crippen LogP contribution in [-0.4, -0.2) is 5.91 Å². The van der Waals surface area contributed by atoms with E-state index in [1.54, 1.807) is 25.1 Å². The van der Waals surface area contributed by atoms with Gasteiger partial charge in [-0.15, -0.1) is 0 Å². The minimum Gasteiger partial charge on any atom is -0.398 e. The number of hydrogen-bond donors (Lipinski definition) is 2. The number of anilines is 2. The Kier molecular flexibility index (Phi) is 3.71. The van der Waals surface area contributed by atoms with Gasteiger partial charge in [-0.05, 0) is 42.8 Å². The summed E-state index contributed by atoms with van der Waals surface area (Å²) in [6.07, 6.45) is 0. The quantitative estimate of drug-likeness (QED) is 0.824. The van der Waals surface area contributed by atoms with Crippen molar-refractivity contribution in [3.05, 3.63) is 58.4 Å². The van der Waals surface area contributed by atoms with Gasteiger partial charge < -0.3 is 11.1 Å². The molecule has 0 aliphatic rings. The molecule has 2 aromatic carbocycles. The van der Waals surface area contributed by atoms with Crippen LogP contribution in [0.3, 0.4) is 0 Å². The Hall–Kier alpha value is -2.07. The Morgan fingerprint density at radius 2 is 2.05 bits per heavy atom. The van der Waals surface area contributed by atoms with Gasteiger partial charge >= 0.3 is 0 Å². The number of nitrogen functional groups attached to an aromatic ring is 1. The molecule has 0 unspecified atom stereocenters. The van der Waals surface area contributed by atoms with Gasteiger partial charge in [-0.25, -0.2) is 4.39 Å². The van der Waals surface area contributed by atoms with Crippen molar-refractivity contribution in [3.63, 3.8) is 0 Å². The highest BCUT2D eigenvalue weighted by atomic mass is 35.5. The molecule has 0 saturated carbocycles. The van der Waals surface area contributed by atoms with Gasteiger partial charge in [-0.1, -0.05) is 17.7 Å². The first-order chi connectivity index (χ1) is 8.99. The number of carbonyl (C=O) groups is 1. The molecule has 0 radical (unpaired) electrons. The first-order valence-electron chi connectivity index (χ1n) is 5.60. The highest BCUT2D eigenvalue weighted by Gasteiger charge is 2.12. The van der Waals surface area contributed by atoms with Crippen LogP contribution in [0, 0.1) is 12.7 Å². The van der Waals surface area contributed by atoms with E-state index in [0.29, 0.717) is 10.7 Å². The second-order valence-corrected chi connectivity index (χ2v) is 4.51. The molecule has 2 rings (SSSR count). The van der Waals surface area contributed by atoms with Crippen molar-refractivity contribution in [2.75, 3.05) is 11.1 Å². The average molecular weight is 279 g/mol. The normalized spacial score (nSPS) is 10.3. The van der Waals surface area contributed by atoms with Crippen LogP contribution in [0.5, 0.6) is 0 Å². The van der Waals surface area contributed by atoms with Gasteiger partial charge in [-0.3, -0.25) is 4.79 Å². The van der Waals surface area contributed by atoms with Crippen LogP contribution in [0.2, 0.25) is 5.02 Å². The van der Waals surface area contributed by atoms with Crippen LogP contribution >= 0.6 is 11.6 Å². The third kappa shape index (κ3) is 2.85. The maximum atomic E-state index is 12.9. The van der Waals surface area contributed by atoms with Crippen LogP contribution in [0.4, 0.5) is 15.8 Å². The lowest BCUT2D eigenvalue weighted by molar-refractivity contribution is 0.102. The van der Waals surface area contributed by atoms with Gasteiger partial charge in [0.25, 0.3) is 5.91 Å². The van der Waals surface area contributed by atoms with Gasteiger partial charge in [0.05, 0.1) is 5.56 Å². The number of nitrogens with two attached hydrogens (primary N) is 1. The van der Waals surface area contributed by atoms with E-state index in [1.165, 1.54) is 12.1 Å². The van der Waals surface area contributed by atoms with Crippen LogP contribution in [0.1, 0.15) is 15.9 Å². The Labute approximate surface area is 115 Å². The van der Waals surface area contributed by atoms with Crippen molar-refractivity contribution in [1.29, 1.82) is 0 Å². The molecule has 0 atom stereocenters. The summed E-state index contributed by atoms with van der Waals surface area (Å²) in [5, 5.41) is 3.26. The molecular weight excluding hydrogens is 267 g/mol. The molecule has 19 heavy (non-hydrogen) atoms.